The minimum absolute atomic E-state index is 0.0671. The fraction of sp³-hybridized carbons (Fsp3) is 0.360. The van der Waals surface area contributed by atoms with Crippen LogP contribution < -0.4 is 5.32 Å². The molecule has 5 nitrogen and oxygen atoms in total. The molecule has 2 aliphatic rings. The van der Waals surface area contributed by atoms with Gasteiger partial charge in [-0.3, -0.25) is 4.79 Å². The average molecular weight is 455 g/mol. The number of aromatic nitrogens is 1. The van der Waals surface area contributed by atoms with E-state index in [-0.39, 0.29) is 17.0 Å². The second-order valence-corrected chi connectivity index (χ2v) is 9.01. The summed E-state index contributed by atoms with van der Waals surface area (Å²) in [5.41, 5.74) is 1.19. The Morgan fingerprint density at radius 3 is 2.52 bits per heavy atom. The van der Waals surface area contributed by atoms with Gasteiger partial charge in [-0.05, 0) is 43.5 Å². The summed E-state index contributed by atoms with van der Waals surface area (Å²) in [6.45, 7) is 4.83. The number of pyridine rings is 1. The van der Waals surface area contributed by atoms with Gasteiger partial charge in [-0.1, -0.05) is 24.3 Å². The third kappa shape index (κ3) is 4.04. The smallest absolute Gasteiger partial charge is 0.380 e. The van der Waals surface area contributed by atoms with Crippen molar-refractivity contribution in [3.8, 4) is 0 Å². The summed E-state index contributed by atoms with van der Waals surface area (Å²) >= 11 is 0. The van der Waals surface area contributed by atoms with Crippen molar-refractivity contribution in [2.45, 2.75) is 25.9 Å². The molecule has 0 radical (unpaired) electrons. The van der Waals surface area contributed by atoms with Gasteiger partial charge in [0, 0.05) is 41.2 Å². The summed E-state index contributed by atoms with van der Waals surface area (Å²) in [5, 5.41) is 4.47. The molecule has 0 unspecified atom stereocenters. The first-order valence-corrected chi connectivity index (χ1v) is 11.0. The molecule has 2 saturated heterocycles. The Morgan fingerprint density at radius 2 is 1.85 bits per heavy atom. The molecule has 33 heavy (non-hydrogen) atoms. The van der Waals surface area contributed by atoms with Crippen LogP contribution in [0.1, 0.15) is 34.3 Å². The standard InChI is InChI=1S/C25H24F3N3O2/c1-16-4-2-7-19-21(16)20(23(32)31-10-8-24(9-11-31)14-33-15-24)13-29-22(19)30-18-6-3-5-17(12-18)25(26,27)28/h2-7,12-13H,8-11,14-15H2,1H3,(H,29,30). The number of halogens is 3. The number of piperidine rings is 1. The molecule has 2 fully saturated rings. The SMILES string of the molecule is Cc1cccc2c(Nc3cccc(C(F)(F)F)c3)ncc(C(=O)N3CCC4(CC3)COC4)c12. The Bertz CT molecular complexity index is 1210. The predicted molar refractivity (Wildman–Crippen MR) is 120 cm³/mol. The summed E-state index contributed by atoms with van der Waals surface area (Å²) in [7, 11) is 0. The number of ether oxygens (including phenoxy) is 1. The molecule has 5 rings (SSSR count). The topological polar surface area (TPSA) is 54.5 Å². The highest BCUT2D eigenvalue weighted by atomic mass is 19.4. The van der Waals surface area contributed by atoms with E-state index < -0.39 is 11.7 Å². The van der Waals surface area contributed by atoms with E-state index in [4.69, 9.17) is 4.74 Å². The van der Waals surface area contributed by atoms with Crippen LogP contribution in [0.4, 0.5) is 24.7 Å². The lowest BCUT2D eigenvalue weighted by Crippen LogP contribution is -2.52. The van der Waals surface area contributed by atoms with Gasteiger partial charge in [-0.25, -0.2) is 4.98 Å². The summed E-state index contributed by atoms with van der Waals surface area (Å²) in [6.07, 6.45) is -1.04. The van der Waals surface area contributed by atoms with Crippen LogP contribution in [0.15, 0.2) is 48.7 Å². The maximum absolute atomic E-state index is 13.4. The van der Waals surface area contributed by atoms with Crippen LogP contribution in [-0.2, 0) is 10.9 Å². The fourth-order valence-electron chi connectivity index (χ4n) is 4.69. The molecule has 0 atom stereocenters. The van der Waals surface area contributed by atoms with Gasteiger partial charge in [0.1, 0.15) is 5.82 Å². The van der Waals surface area contributed by atoms with Crippen LogP contribution in [-0.4, -0.2) is 42.1 Å². The van der Waals surface area contributed by atoms with E-state index in [1.807, 2.05) is 30.0 Å². The maximum atomic E-state index is 13.4. The number of carbonyl (C=O) groups is 1. The van der Waals surface area contributed by atoms with E-state index in [2.05, 4.69) is 10.3 Å². The Balaban J connectivity index is 1.47. The van der Waals surface area contributed by atoms with Crippen LogP contribution in [0, 0.1) is 12.3 Å². The monoisotopic (exact) mass is 455 g/mol. The van der Waals surface area contributed by atoms with Gasteiger partial charge in [-0.2, -0.15) is 13.2 Å². The van der Waals surface area contributed by atoms with E-state index in [1.165, 1.54) is 12.3 Å². The number of amides is 1. The Morgan fingerprint density at radius 1 is 1.12 bits per heavy atom. The molecule has 8 heteroatoms. The summed E-state index contributed by atoms with van der Waals surface area (Å²) in [5.74, 6) is 0.344. The Hall–Kier alpha value is -3.13. The lowest BCUT2D eigenvalue weighted by molar-refractivity contribution is -0.137. The molecule has 0 bridgehead atoms. The van der Waals surface area contributed by atoms with Gasteiger partial charge in [0.25, 0.3) is 5.91 Å². The van der Waals surface area contributed by atoms with Crippen molar-refractivity contribution in [1.29, 1.82) is 0 Å². The Kier molecular flexibility index (Phi) is 5.28. The zero-order valence-electron chi connectivity index (χ0n) is 18.2. The summed E-state index contributed by atoms with van der Waals surface area (Å²) in [4.78, 5) is 19.7. The normalized spacial score (nSPS) is 17.8. The molecule has 0 aliphatic carbocycles. The second kappa shape index (κ2) is 8.02. The van der Waals surface area contributed by atoms with Gasteiger partial charge in [0.2, 0.25) is 0 Å². The van der Waals surface area contributed by atoms with Crippen molar-refractivity contribution in [3.05, 3.63) is 65.4 Å². The minimum atomic E-state index is -4.43. The summed E-state index contributed by atoms with van der Waals surface area (Å²) < 4.78 is 44.7. The number of hydrogen-bond donors (Lipinski definition) is 1. The zero-order valence-corrected chi connectivity index (χ0v) is 18.2. The Labute approximate surface area is 189 Å². The third-order valence-corrected chi connectivity index (χ3v) is 6.73. The molecule has 3 heterocycles. The lowest BCUT2D eigenvalue weighted by Gasteiger charge is -2.47. The van der Waals surface area contributed by atoms with E-state index in [1.54, 1.807) is 6.07 Å². The van der Waals surface area contributed by atoms with Crippen LogP contribution in [0.2, 0.25) is 0 Å². The molecular weight excluding hydrogens is 431 g/mol. The first-order valence-electron chi connectivity index (χ1n) is 11.0. The fourth-order valence-corrected chi connectivity index (χ4v) is 4.69. The molecule has 2 aromatic carbocycles. The van der Waals surface area contributed by atoms with Crippen LogP contribution >= 0.6 is 0 Å². The van der Waals surface area contributed by atoms with Crippen molar-refractivity contribution in [2.75, 3.05) is 31.6 Å². The number of nitrogens with zero attached hydrogens (tertiary/aromatic N) is 2. The van der Waals surface area contributed by atoms with E-state index in [0.29, 0.717) is 29.9 Å². The van der Waals surface area contributed by atoms with Crippen molar-refractivity contribution >= 4 is 28.2 Å². The third-order valence-electron chi connectivity index (χ3n) is 6.73. The van der Waals surface area contributed by atoms with Crippen molar-refractivity contribution in [3.63, 3.8) is 0 Å². The molecule has 1 amide bonds. The van der Waals surface area contributed by atoms with Gasteiger partial charge in [0.05, 0.1) is 24.3 Å². The molecule has 1 spiro atoms. The molecule has 1 aromatic heterocycles. The van der Waals surface area contributed by atoms with Crippen LogP contribution in [0.3, 0.4) is 0 Å². The first-order chi connectivity index (χ1) is 15.8. The predicted octanol–water partition coefficient (Wildman–Crippen LogP) is 5.56. The number of carbonyl (C=O) groups excluding carboxylic acids is 1. The summed E-state index contributed by atoms with van der Waals surface area (Å²) in [6, 6.07) is 10.6. The second-order valence-electron chi connectivity index (χ2n) is 9.01. The highest BCUT2D eigenvalue weighted by molar-refractivity contribution is 6.10. The van der Waals surface area contributed by atoms with Gasteiger partial charge in [0.15, 0.2) is 0 Å². The number of fused-ring (bicyclic) bond motifs is 1. The number of benzene rings is 2. The first kappa shape index (κ1) is 21.7. The lowest BCUT2D eigenvalue weighted by atomic mass is 9.77. The zero-order chi connectivity index (χ0) is 23.2. The minimum Gasteiger partial charge on any atom is -0.380 e. The van der Waals surface area contributed by atoms with Crippen molar-refractivity contribution in [1.82, 2.24) is 9.88 Å². The molecule has 1 N–H and O–H groups in total. The quantitative estimate of drug-likeness (QED) is 0.562. The highest BCUT2D eigenvalue weighted by Crippen LogP contribution is 2.39. The van der Waals surface area contributed by atoms with E-state index in [0.717, 1.165) is 49.1 Å². The number of likely N-dealkylation sites (tertiary alicyclic amines) is 1. The average Bonchev–Trinajstić information content (AvgIpc) is 2.78. The largest absolute Gasteiger partial charge is 0.416 e. The van der Waals surface area contributed by atoms with Gasteiger partial charge < -0.3 is 15.0 Å². The molecule has 172 valence electrons. The number of hydrogen-bond acceptors (Lipinski definition) is 4. The van der Waals surface area contributed by atoms with Crippen molar-refractivity contribution in [2.24, 2.45) is 5.41 Å². The van der Waals surface area contributed by atoms with Gasteiger partial charge in [-0.15, -0.1) is 0 Å². The van der Waals surface area contributed by atoms with Gasteiger partial charge >= 0.3 is 6.18 Å². The maximum Gasteiger partial charge on any atom is 0.416 e. The number of alkyl halides is 3. The number of aryl methyl sites for hydroxylation is 1. The van der Waals surface area contributed by atoms with Crippen LogP contribution in [0.5, 0.6) is 0 Å². The van der Waals surface area contributed by atoms with E-state index in [9.17, 15) is 18.0 Å². The number of rotatable bonds is 3. The number of anilines is 2. The molecule has 3 aromatic rings. The molecule has 0 saturated carbocycles. The van der Waals surface area contributed by atoms with E-state index >= 15 is 0 Å². The molecular formula is C25H24F3N3O2. The number of nitrogens with one attached hydrogen (secondary N) is 1. The van der Waals surface area contributed by atoms with Crippen molar-refractivity contribution < 1.29 is 22.7 Å². The molecule has 2 aliphatic heterocycles. The highest BCUT2D eigenvalue weighted by Gasteiger charge is 2.42. The van der Waals surface area contributed by atoms with Crippen LogP contribution in [0.25, 0.3) is 10.8 Å².